The molecule has 5 fully saturated rings. The van der Waals surface area contributed by atoms with Gasteiger partial charge in [-0.1, -0.05) is 41.5 Å². The van der Waals surface area contributed by atoms with Crippen LogP contribution in [0.25, 0.3) is 0 Å². The van der Waals surface area contributed by atoms with Crippen molar-refractivity contribution in [2.45, 2.75) is 224 Å². The molecule has 25 nitrogen and oxygen atoms in total. The highest BCUT2D eigenvalue weighted by Crippen LogP contribution is 2.37. The zero-order chi connectivity index (χ0) is 59.2. The van der Waals surface area contributed by atoms with E-state index in [1.165, 1.54) is 27.7 Å². The lowest BCUT2D eigenvalue weighted by Crippen LogP contribution is -2.54. The van der Waals surface area contributed by atoms with Gasteiger partial charge in [0.05, 0.1) is 33.0 Å². The van der Waals surface area contributed by atoms with E-state index in [0.717, 1.165) is 26.7 Å². The summed E-state index contributed by atoms with van der Waals surface area (Å²) in [6.45, 7) is 24.4. The molecule has 0 aromatic rings. The molecule has 5 aliphatic heterocycles. The van der Waals surface area contributed by atoms with E-state index in [1.54, 1.807) is 34.6 Å². The van der Waals surface area contributed by atoms with Crippen molar-refractivity contribution in [2.24, 2.45) is 17.8 Å². The largest absolute Gasteiger partial charge is 0.464 e. The highest BCUT2D eigenvalue weighted by Gasteiger charge is 2.54. The van der Waals surface area contributed by atoms with Crippen molar-refractivity contribution < 1.29 is 127 Å². The van der Waals surface area contributed by atoms with Crippen molar-refractivity contribution in [1.29, 1.82) is 0 Å². The molecule has 5 rings (SSSR count). The predicted molar refractivity (Wildman–Crippen MR) is 257 cm³/mol. The Bertz CT molecular complexity index is 1690. The average Bonchev–Trinajstić information content (AvgIpc) is 4.00. The number of carbonyl (C=O) groups is 6. The number of hydrogen-bond acceptors (Lipinski definition) is 25. The normalized spacial score (nSPS) is 36.0. The number of aliphatic hydroxyl groups is 11. The number of ether oxygens (including phenoxy) is 8. The molecule has 11 N–H and O–H groups in total. The molecule has 0 aromatic carbocycles. The van der Waals surface area contributed by atoms with Crippen molar-refractivity contribution in [2.75, 3.05) is 33.0 Å². The molecule has 0 saturated carbocycles. The second kappa shape index (κ2) is 28.7. The molecule has 26 heteroatoms. The van der Waals surface area contributed by atoms with Crippen LogP contribution < -0.4 is 0 Å². The van der Waals surface area contributed by atoms with Crippen LogP contribution in [-0.4, -0.2) is 219 Å². The third-order valence-electron chi connectivity index (χ3n) is 13.8. The highest BCUT2D eigenvalue weighted by molar-refractivity contribution is 5.83. The minimum atomic E-state index is -2.22. The molecule has 5 aliphatic rings. The lowest BCUT2D eigenvalue weighted by molar-refractivity contribution is -0.195. The molecule has 5 saturated heterocycles. The quantitative estimate of drug-likeness (QED) is 0.0774. The predicted octanol–water partition coefficient (Wildman–Crippen LogP) is -1.05. The summed E-state index contributed by atoms with van der Waals surface area (Å²) >= 11 is 0. The zero-order valence-corrected chi connectivity index (χ0v) is 46.1. The number of halogens is 1. The van der Waals surface area contributed by atoms with E-state index in [4.69, 9.17) is 48.8 Å². The monoisotopic (exact) mass is 1090 g/mol. The fourth-order valence-corrected chi connectivity index (χ4v) is 7.46. The van der Waals surface area contributed by atoms with Gasteiger partial charge in [0.25, 0.3) is 0 Å². The first-order valence-electron chi connectivity index (χ1n) is 24.8. The summed E-state index contributed by atoms with van der Waals surface area (Å²) in [5.41, 5.74) is -10.4. The molecule has 75 heavy (non-hydrogen) atoms. The summed E-state index contributed by atoms with van der Waals surface area (Å²) in [5, 5.41) is 102. The molecule has 0 bridgehead atoms. The standard InChI is InChI=1S/C11H20O6.C8H13FO2.C8H16O6.2C8H14O3.C6H10O5/c1-5-15-9(13)11(4,14)8(12)7-6-16-10(2,3)17-7;1-4-6-5(2)8(3,9)7(10)11-6;1-3-14-7(12)8(2,13)6(11)5(10)4-9;2*1-4-6-5(2)8(3,10)7(9)11-6;1-6(10)4(8)3(2-7)11-5(6)9/h7-8,12,14H,5-6H2,1-4H3;5-6H,4H2,1-3H3;5-6,9-11,13H,3-4H2,1-2H3;2*5-6,10H,4H2,1-3H3;3-4,7-8,10H,2H2,1H3/t7-,8-,11+;5-,6-,8-;2*5-,6-,8+;5-,6-,8-;3-,4-,6+/m111111/s1. The highest BCUT2D eigenvalue weighted by atomic mass is 19.1. The summed E-state index contributed by atoms with van der Waals surface area (Å²) in [4.78, 5) is 66.2. The molecule has 0 aromatic heterocycles. The fourth-order valence-electron chi connectivity index (χ4n) is 7.46. The smallest absolute Gasteiger partial charge is 0.344 e. The molecular formula is C49H87FO25. The Hall–Kier alpha value is -3.77. The Balaban J connectivity index is 0.000000883. The van der Waals surface area contributed by atoms with Gasteiger partial charge in [-0.3, -0.25) is 0 Å². The van der Waals surface area contributed by atoms with Gasteiger partial charge < -0.3 is 94.1 Å². The lowest BCUT2D eigenvalue weighted by atomic mass is 9.88. The second-order valence-electron chi connectivity index (χ2n) is 20.3. The molecule has 0 amide bonds. The van der Waals surface area contributed by atoms with Gasteiger partial charge in [-0.2, -0.15) is 0 Å². The zero-order valence-electron chi connectivity index (χ0n) is 46.1. The van der Waals surface area contributed by atoms with Gasteiger partial charge in [-0.05, 0) is 88.5 Å². The van der Waals surface area contributed by atoms with Crippen LogP contribution in [0.5, 0.6) is 0 Å². The number of esters is 6. The van der Waals surface area contributed by atoms with Gasteiger partial charge in [0.1, 0.15) is 48.8 Å². The summed E-state index contributed by atoms with van der Waals surface area (Å²) < 4.78 is 52.4. The van der Waals surface area contributed by atoms with E-state index in [0.29, 0.717) is 6.42 Å². The van der Waals surface area contributed by atoms with Crippen LogP contribution in [0.1, 0.15) is 130 Å². The average molecular weight is 1100 g/mol. The Morgan fingerprint density at radius 1 is 0.640 bits per heavy atom. The first kappa shape index (κ1) is 71.2. The van der Waals surface area contributed by atoms with Crippen molar-refractivity contribution in [3.8, 4) is 0 Å². The van der Waals surface area contributed by atoms with Crippen LogP contribution in [-0.2, 0) is 66.7 Å². The number of aliphatic hydroxyl groups excluding tert-OH is 6. The summed E-state index contributed by atoms with van der Waals surface area (Å²) in [7, 11) is 0. The van der Waals surface area contributed by atoms with E-state index < -0.39 is 125 Å². The third kappa shape index (κ3) is 17.9. The first-order chi connectivity index (χ1) is 34.1. The summed E-state index contributed by atoms with van der Waals surface area (Å²) in [6.07, 6.45) is -6.13. The summed E-state index contributed by atoms with van der Waals surface area (Å²) in [5.74, 6) is -5.84. The van der Waals surface area contributed by atoms with E-state index in [2.05, 4.69) is 9.47 Å². The van der Waals surface area contributed by atoms with Crippen LogP contribution in [0, 0.1) is 17.8 Å². The van der Waals surface area contributed by atoms with E-state index in [9.17, 15) is 68.9 Å². The molecule has 440 valence electrons. The number of alkyl halides is 1. The number of rotatable bonds is 13. The Morgan fingerprint density at radius 3 is 1.23 bits per heavy atom. The molecule has 5 heterocycles. The van der Waals surface area contributed by atoms with Gasteiger partial charge >= 0.3 is 35.8 Å². The molecule has 18 atom stereocenters. The van der Waals surface area contributed by atoms with Crippen molar-refractivity contribution in [1.82, 2.24) is 0 Å². The molecule has 0 radical (unpaired) electrons. The van der Waals surface area contributed by atoms with Crippen LogP contribution >= 0.6 is 0 Å². The molecule has 0 spiro atoms. The van der Waals surface area contributed by atoms with Crippen molar-refractivity contribution in [3.63, 3.8) is 0 Å². The maximum Gasteiger partial charge on any atom is 0.344 e. The molecular weight excluding hydrogens is 1010 g/mol. The Labute approximate surface area is 437 Å². The first-order valence-corrected chi connectivity index (χ1v) is 24.8. The lowest BCUT2D eigenvalue weighted by Gasteiger charge is -2.30. The van der Waals surface area contributed by atoms with Crippen molar-refractivity contribution >= 4 is 35.8 Å². The summed E-state index contributed by atoms with van der Waals surface area (Å²) in [6, 6.07) is 0. The van der Waals surface area contributed by atoms with Gasteiger partial charge in [0, 0.05) is 17.8 Å². The van der Waals surface area contributed by atoms with Gasteiger partial charge in [0.15, 0.2) is 39.9 Å². The fraction of sp³-hybridized carbons (Fsp3) is 0.878. The maximum absolute atomic E-state index is 13.4. The molecule has 0 unspecified atom stereocenters. The molecule has 0 aliphatic carbocycles. The van der Waals surface area contributed by atoms with E-state index >= 15 is 0 Å². The van der Waals surface area contributed by atoms with Crippen LogP contribution in [0.15, 0.2) is 0 Å². The second-order valence-corrected chi connectivity index (χ2v) is 20.3. The van der Waals surface area contributed by atoms with Crippen LogP contribution in [0.2, 0.25) is 0 Å². The maximum atomic E-state index is 13.4. The van der Waals surface area contributed by atoms with Gasteiger partial charge in [0.2, 0.25) is 5.67 Å². The number of cyclic esters (lactones) is 4. The minimum absolute atomic E-state index is 0.0525. The number of hydrogen-bond donors (Lipinski definition) is 11. The van der Waals surface area contributed by atoms with E-state index in [-0.39, 0.29) is 55.9 Å². The van der Waals surface area contributed by atoms with Crippen molar-refractivity contribution in [3.05, 3.63) is 0 Å². The third-order valence-corrected chi connectivity index (χ3v) is 13.8. The number of carbonyl (C=O) groups excluding carboxylic acids is 6. The topological polar surface area (TPSA) is 399 Å². The van der Waals surface area contributed by atoms with Gasteiger partial charge in [-0.15, -0.1) is 0 Å². The van der Waals surface area contributed by atoms with Crippen LogP contribution in [0.4, 0.5) is 4.39 Å². The van der Waals surface area contributed by atoms with E-state index in [1.807, 2.05) is 34.6 Å². The SMILES string of the molecule is CCOC(=O)[C@@](C)(O)[C@H](O)[C@H](O)CO.CCOC(=O)[C@@](C)(O)[C@H](O)[C@H]1COC(C)(C)O1.CC[C@H]1OC(=O)[C@@](C)(O)[C@@H]1C.CC[C@H]1OC(=O)[C@](C)(F)[C@@H]1C.CC[C@H]1OC(=O)[C@](C)(O)[C@@H]1C.C[C@@]1(O)C(=O)O[C@H](CO)[C@H]1O. The van der Waals surface area contributed by atoms with Gasteiger partial charge in [-0.25, -0.2) is 33.2 Å². The van der Waals surface area contributed by atoms with Crippen LogP contribution in [0.3, 0.4) is 0 Å². The Kier molecular flexibility index (Phi) is 27.3. The Morgan fingerprint density at radius 2 is 1.00 bits per heavy atom. The minimum Gasteiger partial charge on any atom is -0.464 e.